The molecule has 136 valence electrons. The molecule has 2 aromatic rings. The summed E-state index contributed by atoms with van der Waals surface area (Å²) in [4.78, 5) is 31.5. The van der Waals surface area contributed by atoms with Crippen LogP contribution in [0.25, 0.3) is 0 Å². The second kappa shape index (κ2) is 7.58. The van der Waals surface area contributed by atoms with E-state index in [0.717, 1.165) is 29.9 Å². The van der Waals surface area contributed by atoms with Crippen molar-refractivity contribution >= 4 is 57.3 Å². The molecule has 4 rings (SSSR count). The minimum absolute atomic E-state index is 0.114. The van der Waals surface area contributed by atoms with Crippen molar-refractivity contribution in [2.45, 2.75) is 48.7 Å². The number of hydrogen-bond donors (Lipinski definition) is 2. The zero-order chi connectivity index (χ0) is 18.1. The molecule has 26 heavy (non-hydrogen) atoms. The molecule has 2 N–H and O–H groups in total. The topological polar surface area (TPSA) is 71.1 Å². The lowest BCUT2D eigenvalue weighted by Crippen LogP contribution is -2.32. The smallest absolute Gasteiger partial charge is 0.238 e. The van der Waals surface area contributed by atoms with E-state index in [2.05, 4.69) is 15.6 Å². The molecule has 0 saturated carbocycles. The van der Waals surface area contributed by atoms with E-state index in [9.17, 15) is 9.59 Å². The van der Waals surface area contributed by atoms with E-state index in [0.29, 0.717) is 15.8 Å². The number of carbonyl (C=O) groups excluding carboxylic acids is 2. The zero-order valence-electron chi connectivity index (χ0n) is 14.0. The SMILES string of the molecule is O=C(CC1Sc2ccc(Cl)cc2NC1=O)Nc1nc2c(s1)CCCCC2. The third kappa shape index (κ3) is 3.89. The van der Waals surface area contributed by atoms with Crippen LogP contribution in [-0.4, -0.2) is 22.0 Å². The number of fused-ring (bicyclic) bond motifs is 2. The summed E-state index contributed by atoms with van der Waals surface area (Å²) in [6, 6.07) is 5.37. The van der Waals surface area contributed by atoms with Crippen molar-refractivity contribution in [1.82, 2.24) is 4.98 Å². The second-order valence-electron chi connectivity index (χ2n) is 6.44. The van der Waals surface area contributed by atoms with E-state index >= 15 is 0 Å². The number of benzene rings is 1. The summed E-state index contributed by atoms with van der Waals surface area (Å²) in [5.41, 5.74) is 1.83. The van der Waals surface area contributed by atoms with E-state index in [1.165, 1.54) is 29.5 Å². The maximum absolute atomic E-state index is 12.4. The van der Waals surface area contributed by atoms with Gasteiger partial charge in [-0.05, 0) is 43.9 Å². The maximum atomic E-state index is 12.4. The lowest BCUT2D eigenvalue weighted by Gasteiger charge is -2.23. The maximum Gasteiger partial charge on any atom is 0.238 e. The van der Waals surface area contributed by atoms with Gasteiger partial charge in [0.05, 0.1) is 16.6 Å². The minimum atomic E-state index is -0.457. The summed E-state index contributed by atoms with van der Waals surface area (Å²) in [5.74, 6) is -0.353. The van der Waals surface area contributed by atoms with Crippen LogP contribution in [0.2, 0.25) is 5.02 Å². The number of hydrogen-bond acceptors (Lipinski definition) is 5. The van der Waals surface area contributed by atoms with Gasteiger partial charge >= 0.3 is 0 Å². The summed E-state index contributed by atoms with van der Waals surface area (Å²) in [6.07, 6.45) is 5.73. The Hall–Kier alpha value is -1.57. The molecular weight excluding hydrogens is 390 g/mol. The monoisotopic (exact) mass is 407 g/mol. The van der Waals surface area contributed by atoms with Gasteiger partial charge in [-0.3, -0.25) is 9.59 Å². The number of nitrogens with zero attached hydrogens (tertiary/aromatic N) is 1. The standard InChI is InChI=1S/C18H18ClN3O2S2/c19-10-6-7-14-12(8-10)20-17(24)15(25-14)9-16(23)22-18-21-11-4-2-1-3-5-13(11)26-18/h6-8,15H,1-5,9H2,(H,20,24)(H,21,22,23). The third-order valence-electron chi connectivity index (χ3n) is 4.47. The Morgan fingerprint density at radius 1 is 1.31 bits per heavy atom. The van der Waals surface area contributed by atoms with Crippen LogP contribution in [0.1, 0.15) is 36.3 Å². The van der Waals surface area contributed by atoms with Crippen molar-refractivity contribution in [3.63, 3.8) is 0 Å². The molecule has 5 nitrogen and oxygen atoms in total. The van der Waals surface area contributed by atoms with Gasteiger partial charge in [0.25, 0.3) is 0 Å². The van der Waals surface area contributed by atoms with Crippen molar-refractivity contribution in [2.24, 2.45) is 0 Å². The molecule has 0 saturated heterocycles. The van der Waals surface area contributed by atoms with E-state index in [-0.39, 0.29) is 18.2 Å². The highest BCUT2D eigenvalue weighted by Gasteiger charge is 2.29. The van der Waals surface area contributed by atoms with Crippen LogP contribution in [0.3, 0.4) is 0 Å². The Morgan fingerprint density at radius 3 is 3.04 bits per heavy atom. The number of carbonyl (C=O) groups is 2. The first-order chi connectivity index (χ1) is 12.6. The molecule has 2 heterocycles. The van der Waals surface area contributed by atoms with Crippen molar-refractivity contribution in [2.75, 3.05) is 10.6 Å². The molecule has 0 radical (unpaired) electrons. The molecule has 0 fully saturated rings. The number of nitrogens with one attached hydrogen (secondary N) is 2. The molecule has 1 atom stereocenters. The highest BCUT2D eigenvalue weighted by atomic mass is 35.5. The van der Waals surface area contributed by atoms with E-state index in [4.69, 9.17) is 11.6 Å². The van der Waals surface area contributed by atoms with Gasteiger partial charge in [-0.25, -0.2) is 4.98 Å². The summed E-state index contributed by atoms with van der Waals surface area (Å²) in [7, 11) is 0. The molecule has 0 spiro atoms. The highest BCUT2D eigenvalue weighted by Crippen LogP contribution is 2.38. The normalized spacial score (nSPS) is 19.1. The van der Waals surface area contributed by atoms with Crippen LogP contribution in [0, 0.1) is 0 Å². The Labute approximate surface area is 164 Å². The van der Waals surface area contributed by atoms with Gasteiger partial charge in [0.15, 0.2) is 5.13 Å². The van der Waals surface area contributed by atoms with Crippen molar-refractivity contribution in [3.8, 4) is 0 Å². The van der Waals surface area contributed by atoms with Crippen molar-refractivity contribution in [3.05, 3.63) is 33.8 Å². The lowest BCUT2D eigenvalue weighted by atomic mass is 10.2. The Kier molecular flexibility index (Phi) is 5.20. The average Bonchev–Trinajstić information content (AvgIpc) is 2.84. The number of thioether (sulfide) groups is 1. The highest BCUT2D eigenvalue weighted by molar-refractivity contribution is 8.01. The van der Waals surface area contributed by atoms with E-state index < -0.39 is 5.25 Å². The fraction of sp³-hybridized carbons (Fsp3) is 0.389. The number of amides is 2. The molecule has 1 unspecified atom stereocenters. The average molecular weight is 408 g/mol. The van der Waals surface area contributed by atoms with Gasteiger partial charge in [0, 0.05) is 21.2 Å². The summed E-state index contributed by atoms with van der Waals surface area (Å²) in [5, 5.41) is 6.47. The zero-order valence-corrected chi connectivity index (χ0v) is 16.4. The van der Waals surface area contributed by atoms with Crippen LogP contribution in [0.4, 0.5) is 10.8 Å². The Balaban J connectivity index is 1.40. The molecule has 1 aromatic carbocycles. The molecule has 0 bridgehead atoms. The molecule has 8 heteroatoms. The first-order valence-corrected chi connectivity index (χ1v) is 10.7. The Morgan fingerprint density at radius 2 is 2.15 bits per heavy atom. The van der Waals surface area contributed by atoms with Crippen molar-refractivity contribution in [1.29, 1.82) is 0 Å². The van der Waals surface area contributed by atoms with Gasteiger partial charge in [-0.2, -0.15) is 0 Å². The third-order valence-corrected chi connectivity index (χ3v) is 7.06. The van der Waals surface area contributed by atoms with Crippen LogP contribution in [-0.2, 0) is 22.4 Å². The predicted octanol–water partition coefficient (Wildman–Crippen LogP) is 4.51. The van der Waals surface area contributed by atoms with Crippen LogP contribution < -0.4 is 10.6 Å². The molecule has 1 aromatic heterocycles. The Bertz CT molecular complexity index is 845. The fourth-order valence-electron chi connectivity index (χ4n) is 3.18. The van der Waals surface area contributed by atoms with Crippen LogP contribution in [0.15, 0.2) is 23.1 Å². The number of anilines is 2. The number of aryl methyl sites for hydroxylation is 2. The largest absolute Gasteiger partial charge is 0.324 e. The molecule has 1 aliphatic carbocycles. The van der Waals surface area contributed by atoms with Gasteiger partial charge in [0.1, 0.15) is 0 Å². The van der Waals surface area contributed by atoms with Gasteiger partial charge < -0.3 is 10.6 Å². The quantitative estimate of drug-likeness (QED) is 0.734. The van der Waals surface area contributed by atoms with Gasteiger partial charge in [-0.15, -0.1) is 23.1 Å². The number of thiazole rings is 1. The minimum Gasteiger partial charge on any atom is -0.324 e. The molecule has 1 aliphatic heterocycles. The van der Waals surface area contributed by atoms with Gasteiger partial charge in [-0.1, -0.05) is 18.0 Å². The number of rotatable bonds is 3. The van der Waals surface area contributed by atoms with E-state index in [1.54, 1.807) is 23.5 Å². The van der Waals surface area contributed by atoms with Gasteiger partial charge in [0.2, 0.25) is 11.8 Å². The van der Waals surface area contributed by atoms with Crippen molar-refractivity contribution < 1.29 is 9.59 Å². The lowest BCUT2D eigenvalue weighted by molar-refractivity contribution is -0.120. The summed E-state index contributed by atoms with van der Waals surface area (Å²) >= 11 is 8.92. The second-order valence-corrected chi connectivity index (χ2v) is 9.20. The first-order valence-electron chi connectivity index (χ1n) is 8.64. The predicted molar refractivity (Wildman–Crippen MR) is 106 cm³/mol. The fourth-order valence-corrected chi connectivity index (χ4v) is 5.51. The number of halogens is 1. The van der Waals surface area contributed by atoms with Crippen LogP contribution >= 0.6 is 34.7 Å². The summed E-state index contributed by atoms with van der Waals surface area (Å²) < 4.78 is 0. The molecule has 2 amide bonds. The van der Waals surface area contributed by atoms with Crippen LogP contribution in [0.5, 0.6) is 0 Å². The molecular formula is C18H18ClN3O2S2. The molecule has 2 aliphatic rings. The van der Waals surface area contributed by atoms with E-state index in [1.807, 2.05) is 6.07 Å². The summed E-state index contributed by atoms with van der Waals surface area (Å²) in [6.45, 7) is 0. The first kappa shape index (κ1) is 17.8. The number of aromatic nitrogens is 1.